The zero-order valence-corrected chi connectivity index (χ0v) is 5.86. The van der Waals surface area contributed by atoms with Crippen LogP contribution in [0.5, 0.6) is 0 Å². The van der Waals surface area contributed by atoms with Crippen molar-refractivity contribution in [1.29, 1.82) is 5.26 Å². The van der Waals surface area contributed by atoms with E-state index < -0.39 is 0 Å². The summed E-state index contributed by atoms with van der Waals surface area (Å²) >= 11 is 4.76. The molecule has 0 amide bonds. The first kappa shape index (κ1) is 10.9. The van der Waals surface area contributed by atoms with E-state index in [1.807, 2.05) is 0 Å². The van der Waals surface area contributed by atoms with Gasteiger partial charge in [0.2, 0.25) is 0 Å². The van der Waals surface area contributed by atoms with Crippen LogP contribution in [0.3, 0.4) is 0 Å². The summed E-state index contributed by atoms with van der Waals surface area (Å²) in [5, 5.41) is 7.91. The van der Waals surface area contributed by atoms with E-state index in [2.05, 4.69) is 19.7 Å². The molecule has 0 aromatic heterocycles. The van der Waals surface area contributed by atoms with Gasteiger partial charge in [0.25, 0.3) is 0 Å². The van der Waals surface area contributed by atoms with Gasteiger partial charge < -0.3 is 0 Å². The highest BCUT2D eigenvalue weighted by Gasteiger charge is 1.70. The Morgan fingerprint density at radius 1 is 1.56 bits per heavy atom. The maximum atomic E-state index is 7.91. The highest BCUT2D eigenvalue weighted by molar-refractivity contribution is 6.25. The summed E-state index contributed by atoms with van der Waals surface area (Å²) in [5.41, 5.74) is 1.63. The molecule has 0 radical (unpaired) electrons. The van der Waals surface area contributed by atoms with Gasteiger partial charge in [-0.15, -0.1) is 0 Å². The van der Waals surface area contributed by atoms with Gasteiger partial charge in [-0.25, -0.2) is 0 Å². The fourth-order valence-corrected chi connectivity index (χ4v) is 0.0456. The maximum Gasteiger partial charge on any atom is 0.0985 e. The molecule has 1 nitrogen and oxygen atoms in total. The molecule has 0 atom stereocenters. The lowest BCUT2D eigenvalue weighted by molar-refractivity contribution is 1.51. The lowest BCUT2D eigenvalue weighted by Gasteiger charge is -1.68. The van der Waals surface area contributed by atoms with Crippen molar-refractivity contribution >= 4 is 11.6 Å². The molecule has 0 saturated carbocycles. The van der Waals surface area contributed by atoms with Gasteiger partial charge >= 0.3 is 0 Å². The molecule has 0 aromatic carbocycles. The zero-order chi connectivity index (χ0) is 7.70. The number of nitriles is 1. The van der Waals surface area contributed by atoms with E-state index in [0.717, 1.165) is 0 Å². The second-order valence-corrected chi connectivity index (χ2v) is 1.30. The van der Waals surface area contributed by atoms with Crippen LogP contribution in [0.2, 0.25) is 0 Å². The van der Waals surface area contributed by atoms with Gasteiger partial charge in [0.05, 0.1) is 6.07 Å². The van der Waals surface area contributed by atoms with Crippen LogP contribution in [0.15, 0.2) is 36.9 Å². The Kier molecular flexibility index (Phi) is 12.2. The lowest BCUT2D eigenvalue weighted by Crippen LogP contribution is -1.57. The third-order valence-electron chi connectivity index (χ3n) is 0.390. The van der Waals surface area contributed by atoms with E-state index in [-0.39, 0.29) is 0 Å². The molecular formula is C7H8ClN. The summed E-state index contributed by atoms with van der Waals surface area (Å²) in [6.45, 7) is 9.75. The third-order valence-corrected chi connectivity index (χ3v) is 0.390. The van der Waals surface area contributed by atoms with E-state index in [1.165, 1.54) is 11.6 Å². The van der Waals surface area contributed by atoms with E-state index >= 15 is 0 Å². The van der Waals surface area contributed by atoms with Crippen molar-refractivity contribution in [3.05, 3.63) is 36.9 Å². The van der Waals surface area contributed by atoms with Crippen molar-refractivity contribution in [2.75, 3.05) is 0 Å². The monoisotopic (exact) mass is 141 g/mol. The lowest BCUT2D eigenvalue weighted by atomic mass is 10.3. The number of allylic oxidation sites excluding steroid dienone is 2. The van der Waals surface area contributed by atoms with Crippen LogP contribution in [0.1, 0.15) is 0 Å². The second kappa shape index (κ2) is 10.1. The van der Waals surface area contributed by atoms with Crippen molar-refractivity contribution in [3.8, 4) is 6.07 Å². The van der Waals surface area contributed by atoms with Crippen molar-refractivity contribution in [2.45, 2.75) is 0 Å². The minimum absolute atomic E-state index is 0.412. The van der Waals surface area contributed by atoms with Crippen LogP contribution < -0.4 is 0 Å². The minimum atomic E-state index is 0.412. The average Bonchev–Trinajstić information content (AvgIpc) is 1.88. The van der Waals surface area contributed by atoms with Gasteiger partial charge in [-0.1, -0.05) is 37.4 Å². The second-order valence-electron chi connectivity index (χ2n) is 0.995. The van der Waals surface area contributed by atoms with Crippen LogP contribution in [-0.2, 0) is 0 Å². The first-order valence-corrected chi connectivity index (χ1v) is 2.59. The maximum absolute atomic E-state index is 7.91. The van der Waals surface area contributed by atoms with Crippen LogP contribution in [0, 0.1) is 11.3 Å². The van der Waals surface area contributed by atoms with Crippen LogP contribution in [0.25, 0.3) is 0 Å². The zero-order valence-electron chi connectivity index (χ0n) is 5.10. The molecule has 0 fully saturated rings. The fourth-order valence-electron chi connectivity index (χ4n) is 0.0456. The van der Waals surface area contributed by atoms with E-state index in [9.17, 15) is 0 Å². The molecule has 0 spiro atoms. The standard InChI is InChI=1S/C5H5N.C2H3Cl/c1-3-5(2)4-6;1-2-3/h3H,1-2H2;2H,1H2. The quantitative estimate of drug-likeness (QED) is 0.407. The summed E-state index contributed by atoms with van der Waals surface area (Å²) < 4.78 is 0. The Morgan fingerprint density at radius 3 is 1.89 bits per heavy atom. The van der Waals surface area contributed by atoms with E-state index in [1.54, 1.807) is 6.07 Å². The largest absolute Gasteiger partial charge is 0.192 e. The molecule has 48 valence electrons. The highest BCUT2D eigenvalue weighted by atomic mass is 35.5. The van der Waals surface area contributed by atoms with Gasteiger partial charge in [0.1, 0.15) is 0 Å². The summed E-state index contributed by atoms with van der Waals surface area (Å²) in [7, 11) is 0. The first-order chi connectivity index (χ1) is 4.22. The van der Waals surface area contributed by atoms with E-state index in [4.69, 9.17) is 16.9 Å². The summed E-state index contributed by atoms with van der Waals surface area (Å²) in [6, 6.07) is 1.80. The normalized spacial score (nSPS) is 5.33. The number of rotatable bonds is 1. The molecule has 9 heavy (non-hydrogen) atoms. The molecule has 0 rings (SSSR count). The summed E-state index contributed by atoms with van der Waals surface area (Å²) in [4.78, 5) is 0. The molecular weight excluding hydrogens is 134 g/mol. The predicted octanol–water partition coefficient (Wildman–Crippen LogP) is 2.62. The van der Waals surface area contributed by atoms with Gasteiger partial charge in [0.15, 0.2) is 0 Å². The Hall–Kier alpha value is -1.00. The minimum Gasteiger partial charge on any atom is -0.192 e. The van der Waals surface area contributed by atoms with E-state index in [0.29, 0.717) is 5.57 Å². The molecule has 2 heteroatoms. The van der Waals surface area contributed by atoms with Crippen LogP contribution >= 0.6 is 11.6 Å². The molecule has 0 aliphatic carbocycles. The van der Waals surface area contributed by atoms with Gasteiger partial charge in [-0.2, -0.15) is 5.26 Å². The van der Waals surface area contributed by atoms with Gasteiger partial charge in [-0.3, -0.25) is 0 Å². The fraction of sp³-hybridized carbons (Fsp3) is 0. The number of nitrogens with zero attached hydrogens (tertiary/aromatic N) is 1. The Bertz CT molecular complexity index is 141. The molecule has 0 heterocycles. The summed E-state index contributed by atoms with van der Waals surface area (Å²) in [6.07, 6.45) is 1.42. The Morgan fingerprint density at radius 2 is 1.89 bits per heavy atom. The summed E-state index contributed by atoms with van der Waals surface area (Å²) in [5.74, 6) is 0. The van der Waals surface area contributed by atoms with Crippen molar-refractivity contribution in [1.82, 2.24) is 0 Å². The van der Waals surface area contributed by atoms with Crippen LogP contribution in [0.4, 0.5) is 0 Å². The van der Waals surface area contributed by atoms with Crippen molar-refractivity contribution in [2.24, 2.45) is 0 Å². The Labute approximate surface area is 60.6 Å². The average molecular weight is 142 g/mol. The molecule has 0 unspecified atom stereocenters. The highest BCUT2D eigenvalue weighted by Crippen LogP contribution is 1.81. The topological polar surface area (TPSA) is 23.8 Å². The number of halogens is 1. The number of hydrogen-bond acceptors (Lipinski definition) is 1. The third kappa shape index (κ3) is 19.4. The molecule has 0 aliphatic heterocycles. The predicted molar refractivity (Wildman–Crippen MR) is 41.0 cm³/mol. The van der Waals surface area contributed by atoms with Crippen molar-refractivity contribution in [3.63, 3.8) is 0 Å². The smallest absolute Gasteiger partial charge is 0.0985 e. The molecule has 0 saturated heterocycles. The van der Waals surface area contributed by atoms with Crippen molar-refractivity contribution < 1.29 is 0 Å². The molecule has 0 bridgehead atoms. The SMILES string of the molecule is C=CC(=C)C#N.C=CCl. The van der Waals surface area contributed by atoms with Gasteiger partial charge in [-0.05, 0) is 5.54 Å². The van der Waals surface area contributed by atoms with Gasteiger partial charge in [0, 0.05) is 5.57 Å². The number of hydrogen-bond donors (Lipinski definition) is 0. The molecule has 0 aromatic rings. The van der Waals surface area contributed by atoms with Crippen LogP contribution in [-0.4, -0.2) is 0 Å². The molecule has 0 N–H and O–H groups in total. The molecule has 0 aliphatic rings. The Balaban J connectivity index is 0. The first-order valence-electron chi connectivity index (χ1n) is 2.15.